The van der Waals surface area contributed by atoms with Crippen LogP contribution in [-0.2, 0) is 46.8 Å². The molecule has 0 amide bonds. The van der Waals surface area contributed by atoms with Crippen LogP contribution in [0.1, 0.15) is 124 Å². The second-order valence-corrected chi connectivity index (χ2v) is 10.9. The van der Waals surface area contributed by atoms with Crippen molar-refractivity contribution >= 4 is 31.1 Å². The molecule has 7 heteroatoms. The third kappa shape index (κ3) is 16.3. The van der Waals surface area contributed by atoms with E-state index in [0.717, 1.165) is 29.6 Å². The van der Waals surface area contributed by atoms with Gasteiger partial charge in [0.1, 0.15) is 0 Å². The fourth-order valence-electron chi connectivity index (χ4n) is 4.30. The van der Waals surface area contributed by atoms with E-state index >= 15 is 0 Å². The molecule has 2 aromatic heterocycles. The van der Waals surface area contributed by atoms with Gasteiger partial charge in [0.15, 0.2) is 5.65 Å². The molecule has 0 saturated carbocycles. The normalized spacial score (nSPS) is 10.8. The average Bonchev–Trinajstić information content (AvgIpc) is 3.73. The van der Waals surface area contributed by atoms with E-state index in [2.05, 4.69) is 129 Å². The SMILES string of the molecule is C.CC.CC.CC.CC.CC.CC.Cc1ccc2c(c1)C[C](=[V])N2C.Cc1ccc2c(c1)N(C)[C](=[V])C2.Cc1cnc2n[nH]c(C)c2c1. The summed E-state index contributed by atoms with van der Waals surface area (Å²) in [4.78, 5) is 8.66. The summed E-state index contributed by atoms with van der Waals surface area (Å²) in [6.07, 6.45) is 4.00. The molecule has 0 spiro atoms. The number of benzene rings is 2. The summed E-state index contributed by atoms with van der Waals surface area (Å²) in [7, 11) is 4.24. The van der Waals surface area contributed by atoms with E-state index in [0.29, 0.717) is 0 Å². The molecule has 1 N–H and O–H groups in total. The van der Waals surface area contributed by atoms with Gasteiger partial charge in [-0.05, 0) is 25.5 Å². The molecule has 4 heterocycles. The Morgan fingerprint density at radius 3 is 1.58 bits per heavy atom. The number of aromatic nitrogens is 3. The summed E-state index contributed by atoms with van der Waals surface area (Å²) in [5.74, 6) is 0. The van der Waals surface area contributed by atoms with Gasteiger partial charge in [-0.3, -0.25) is 5.10 Å². The minimum atomic E-state index is 0. The standard InChI is InChI=1S/2C10H11N.C8H9N3.6C2H6.CH4.2V/c1-8-3-4-10-9(7-8)5-6-11(10)2;1-8-3-4-9-5-6-11(2)10(9)7-8;1-5-3-7-6(2)10-11-8(7)9-4-5;6*1-2;;;/h2*3-4,7H,5H2,1-2H3;3-4H,1-2H3,(H,9,10,11);6*1-2H3;1H4;;. The van der Waals surface area contributed by atoms with Crippen LogP contribution in [0.15, 0.2) is 48.7 Å². The van der Waals surface area contributed by atoms with Gasteiger partial charge in [-0.25, -0.2) is 4.98 Å². The number of hydrogen-bond acceptors (Lipinski definition) is 4. The van der Waals surface area contributed by atoms with Crippen molar-refractivity contribution in [2.45, 2.75) is 131 Å². The molecule has 0 aliphatic carbocycles. The molecule has 0 radical (unpaired) electrons. The largest absolute Gasteiger partial charge is 0.280 e. The Kier molecular flexibility index (Phi) is 33.4. The van der Waals surface area contributed by atoms with Crippen molar-refractivity contribution < 1.29 is 34.0 Å². The smallest absolute Gasteiger partial charge is 0.181 e. The first-order chi connectivity index (χ1) is 22.6. The predicted octanol–water partition coefficient (Wildman–Crippen LogP) is 11.7. The summed E-state index contributed by atoms with van der Waals surface area (Å²) in [6, 6.07) is 15.4. The van der Waals surface area contributed by atoms with Crippen LogP contribution in [0.2, 0.25) is 0 Å². The number of likely N-dealkylation sites (N-methyl/N-ethyl adjacent to an activating group) is 2. The van der Waals surface area contributed by atoms with E-state index < -0.39 is 0 Å². The predicted molar refractivity (Wildman–Crippen MR) is 215 cm³/mol. The van der Waals surface area contributed by atoms with Crippen LogP contribution >= 0.6 is 0 Å². The summed E-state index contributed by atoms with van der Waals surface area (Å²) in [6.45, 7) is 32.3. The number of aromatic amines is 1. The van der Waals surface area contributed by atoms with Crippen LogP contribution < -0.4 is 9.80 Å². The quantitative estimate of drug-likeness (QED) is 0.195. The van der Waals surface area contributed by atoms with Gasteiger partial charge in [0.2, 0.25) is 0 Å². The Labute approximate surface area is 315 Å². The minimum Gasteiger partial charge on any atom is -0.280 e. The van der Waals surface area contributed by atoms with E-state index in [-0.39, 0.29) is 7.43 Å². The van der Waals surface area contributed by atoms with Gasteiger partial charge < -0.3 is 0 Å². The molecule has 0 unspecified atom stereocenters. The van der Waals surface area contributed by atoms with Crippen molar-refractivity contribution in [2.75, 3.05) is 23.9 Å². The summed E-state index contributed by atoms with van der Waals surface area (Å²) >= 11 is 5.29. The second kappa shape index (κ2) is 30.6. The van der Waals surface area contributed by atoms with Crippen LogP contribution in [0.3, 0.4) is 0 Å². The molecule has 2 aromatic carbocycles. The second-order valence-electron chi connectivity index (χ2n) is 9.30. The van der Waals surface area contributed by atoms with E-state index in [1.807, 2.05) is 103 Å². The zero-order chi connectivity index (χ0) is 37.3. The van der Waals surface area contributed by atoms with Crippen LogP contribution in [0.5, 0.6) is 0 Å². The molecular formula is C41H71N5V2. The topological polar surface area (TPSA) is 48.1 Å². The molecular weight excluding hydrogens is 664 g/mol. The van der Waals surface area contributed by atoms with Gasteiger partial charge in [0.25, 0.3) is 0 Å². The fourth-order valence-corrected chi connectivity index (χ4v) is 5.17. The van der Waals surface area contributed by atoms with Crippen LogP contribution in [-0.4, -0.2) is 38.0 Å². The van der Waals surface area contributed by atoms with Gasteiger partial charge in [-0.1, -0.05) is 90.5 Å². The van der Waals surface area contributed by atoms with Crippen molar-refractivity contribution in [2.24, 2.45) is 0 Å². The monoisotopic (exact) mass is 735 g/mol. The Morgan fingerprint density at radius 1 is 0.583 bits per heavy atom. The van der Waals surface area contributed by atoms with Gasteiger partial charge in [0.05, 0.1) is 0 Å². The number of nitrogens with zero attached hydrogens (tertiary/aromatic N) is 4. The number of fused-ring (bicyclic) bond motifs is 3. The number of H-pyrrole nitrogens is 1. The maximum absolute atomic E-state index is 4.16. The van der Waals surface area contributed by atoms with Gasteiger partial charge in [-0.2, -0.15) is 5.10 Å². The molecule has 48 heavy (non-hydrogen) atoms. The van der Waals surface area contributed by atoms with Crippen molar-refractivity contribution in [3.05, 3.63) is 82.2 Å². The van der Waals surface area contributed by atoms with Crippen molar-refractivity contribution in [3.8, 4) is 0 Å². The first kappa shape index (κ1) is 52.4. The Bertz CT molecular complexity index is 1420. The van der Waals surface area contributed by atoms with Crippen molar-refractivity contribution in [1.29, 1.82) is 0 Å². The molecule has 4 aromatic rings. The molecule has 0 fully saturated rings. The van der Waals surface area contributed by atoms with Crippen molar-refractivity contribution in [3.63, 3.8) is 0 Å². The molecule has 2 aliphatic rings. The van der Waals surface area contributed by atoms with Crippen LogP contribution in [0.25, 0.3) is 11.0 Å². The Morgan fingerprint density at radius 2 is 1.04 bits per heavy atom. The number of aryl methyl sites for hydroxylation is 4. The third-order valence-corrected chi connectivity index (χ3v) is 7.84. The zero-order valence-electron chi connectivity index (χ0n) is 33.2. The number of nitrogens with one attached hydrogen (secondary N) is 1. The van der Waals surface area contributed by atoms with E-state index in [9.17, 15) is 0 Å². The molecule has 2 aliphatic heterocycles. The number of anilines is 2. The summed E-state index contributed by atoms with van der Waals surface area (Å²) in [5.41, 5.74) is 11.4. The molecule has 0 saturated heterocycles. The number of hydrogen-bond donors (Lipinski definition) is 1. The first-order valence-electron chi connectivity index (χ1n) is 17.7. The van der Waals surface area contributed by atoms with Crippen molar-refractivity contribution in [1.82, 2.24) is 15.2 Å². The van der Waals surface area contributed by atoms with Gasteiger partial charge in [-0.15, -0.1) is 0 Å². The van der Waals surface area contributed by atoms with E-state index in [1.54, 1.807) is 0 Å². The molecule has 0 bridgehead atoms. The van der Waals surface area contributed by atoms with Gasteiger partial charge >= 0.3 is 163 Å². The summed E-state index contributed by atoms with van der Waals surface area (Å²) in [5, 5.41) is 8.03. The number of rotatable bonds is 0. The zero-order valence-corrected chi connectivity index (χ0v) is 36.0. The van der Waals surface area contributed by atoms with E-state index in [4.69, 9.17) is 0 Å². The number of pyridine rings is 1. The fraction of sp³-hybridized carbons (Fsp3) is 0.512. The Balaban J connectivity index is -0.000000259. The minimum absolute atomic E-state index is 0. The first-order valence-corrected chi connectivity index (χ1v) is 19.1. The third-order valence-electron chi connectivity index (χ3n) is 6.41. The molecule has 5 nitrogen and oxygen atoms in total. The van der Waals surface area contributed by atoms with Gasteiger partial charge in [0, 0.05) is 17.3 Å². The Hall–Kier alpha value is -2.43. The average molecular weight is 736 g/mol. The molecule has 0 atom stereocenters. The molecule has 270 valence electrons. The maximum Gasteiger partial charge on any atom is 0.181 e. The molecule has 6 rings (SSSR count). The van der Waals surface area contributed by atoms with Crippen LogP contribution in [0, 0.1) is 27.7 Å². The van der Waals surface area contributed by atoms with E-state index in [1.165, 1.54) is 47.9 Å². The van der Waals surface area contributed by atoms with Crippen LogP contribution in [0.4, 0.5) is 11.4 Å². The maximum atomic E-state index is 4.16. The summed E-state index contributed by atoms with van der Waals surface area (Å²) < 4.78 is 2.76.